The standard InChI is InChI=1S/C21H23N3O3/c1-15-6-5-7-16(12-15)13-20(25)22-14-19-17-8-3-4-9-18(17)21(26)24(23-19)10-11-27-2/h3-9,12H,10-11,13-14H2,1-2H3,(H,22,25). The lowest BCUT2D eigenvalue weighted by Gasteiger charge is -2.12. The van der Waals surface area contributed by atoms with E-state index in [1.54, 1.807) is 13.2 Å². The molecule has 3 aromatic rings. The molecule has 27 heavy (non-hydrogen) atoms. The molecule has 0 atom stereocenters. The van der Waals surface area contributed by atoms with Gasteiger partial charge in [0.25, 0.3) is 5.56 Å². The van der Waals surface area contributed by atoms with E-state index in [9.17, 15) is 9.59 Å². The molecule has 0 saturated heterocycles. The molecule has 0 aliphatic rings. The lowest BCUT2D eigenvalue weighted by Crippen LogP contribution is -2.30. The Morgan fingerprint density at radius 2 is 1.93 bits per heavy atom. The monoisotopic (exact) mass is 365 g/mol. The number of rotatable bonds is 7. The molecule has 0 bridgehead atoms. The molecule has 0 aliphatic carbocycles. The first-order valence-corrected chi connectivity index (χ1v) is 8.88. The largest absolute Gasteiger partial charge is 0.383 e. The summed E-state index contributed by atoms with van der Waals surface area (Å²) in [6, 6.07) is 15.2. The summed E-state index contributed by atoms with van der Waals surface area (Å²) in [4.78, 5) is 24.9. The quantitative estimate of drug-likeness (QED) is 0.697. The maximum absolute atomic E-state index is 12.6. The minimum Gasteiger partial charge on any atom is -0.383 e. The fourth-order valence-corrected chi connectivity index (χ4v) is 3.02. The van der Waals surface area contributed by atoms with Crippen LogP contribution in [-0.2, 0) is 29.0 Å². The molecule has 1 amide bonds. The third kappa shape index (κ3) is 4.60. The van der Waals surface area contributed by atoms with Crippen LogP contribution in [0.2, 0.25) is 0 Å². The van der Waals surface area contributed by atoms with Crippen LogP contribution in [0.15, 0.2) is 53.3 Å². The van der Waals surface area contributed by atoms with Gasteiger partial charge in [-0.2, -0.15) is 5.10 Å². The average Bonchev–Trinajstić information content (AvgIpc) is 2.67. The third-order valence-corrected chi connectivity index (χ3v) is 4.35. The van der Waals surface area contributed by atoms with Crippen molar-refractivity contribution in [2.75, 3.05) is 13.7 Å². The van der Waals surface area contributed by atoms with Gasteiger partial charge in [-0.15, -0.1) is 0 Å². The molecule has 0 saturated carbocycles. The highest BCUT2D eigenvalue weighted by Crippen LogP contribution is 2.13. The Labute approximate surface area is 157 Å². The van der Waals surface area contributed by atoms with Gasteiger partial charge in [0.1, 0.15) is 0 Å². The molecular weight excluding hydrogens is 342 g/mol. The molecule has 2 aromatic carbocycles. The van der Waals surface area contributed by atoms with Crippen molar-refractivity contribution in [1.29, 1.82) is 0 Å². The minimum atomic E-state index is -0.155. The van der Waals surface area contributed by atoms with Gasteiger partial charge in [-0.05, 0) is 18.6 Å². The highest BCUT2D eigenvalue weighted by atomic mass is 16.5. The molecule has 0 fully saturated rings. The first-order chi connectivity index (χ1) is 13.1. The molecule has 1 aromatic heterocycles. The van der Waals surface area contributed by atoms with E-state index < -0.39 is 0 Å². The van der Waals surface area contributed by atoms with Crippen molar-refractivity contribution in [3.8, 4) is 0 Å². The van der Waals surface area contributed by atoms with Crippen molar-refractivity contribution in [3.63, 3.8) is 0 Å². The molecule has 0 unspecified atom stereocenters. The van der Waals surface area contributed by atoms with E-state index in [4.69, 9.17) is 4.74 Å². The molecule has 1 heterocycles. The summed E-state index contributed by atoms with van der Waals surface area (Å²) in [7, 11) is 1.58. The summed E-state index contributed by atoms with van der Waals surface area (Å²) >= 11 is 0. The highest BCUT2D eigenvalue weighted by molar-refractivity contribution is 5.84. The van der Waals surface area contributed by atoms with Gasteiger partial charge in [-0.3, -0.25) is 9.59 Å². The minimum absolute atomic E-state index is 0.0823. The summed E-state index contributed by atoms with van der Waals surface area (Å²) in [6.07, 6.45) is 0.308. The van der Waals surface area contributed by atoms with Crippen molar-refractivity contribution in [2.45, 2.75) is 26.4 Å². The predicted molar refractivity (Wildman–Crippen MR) is 105 cm³/mol. The molecule has 3 rings (SSSR count). The fraction of sp³-hybridized carbons (Fsp3) is 0.286. The number of hydrogen-bond acceptors (Lipinski definition) is 4. The topological polar surface area (TPSA) is 73.2 Å². The van der Waals surface area contributed by atoms with Crippen LogP contribution >= 0.6 is 0 Å². The molecular formula is C21H23N3O3. The number of aromatic nitrogens is 2. The number of fused-ring (bicyclic) bond motifs is 1. The molecule has 0 radical (unpaired) electrons. The molecule has 0 spiro atoms. The van der Waals surface area contributed by atoms with Crippen molar-refractivity contribution in [2.24, 2.45) is 0 Å². The number of aryl methyl sites for hydroxylation is 1. The normalized spacial score (nSPS) is 10.9. The van der Waals surface area contributed by atoms with E-state index in [2.05, 4.69) is 10.4 Å². The van der Waals surface area contributed by atoms with Crippen molar-refractivity contribution < 1.29 is 9.53 Å². The lowest BCUT2D eigenvalue weighted by molar-refractivity contribution is -0.120. The number of nitrogens with zero attached hydrogens (tertiary/aromatic N) is 2. The van der Waals surface area contributed by atoms with Crippen LogP contribution in [0.1, 0.15) is 16.8 Å². The summed E-state index contributed by atoms with van der Waals surface area (Å²) in [5.74, 6) is -0.0823. The lowest BCUT2D eigenvalue weighted by atomic mass is 10.1. The molecule has 0 aliphatic heterocycles. The number of nitrogens with one attached hydrogen (secondary N) is 1. The maximum Gasteiger partial charge on any atom is 0.274 e. The first-order valence-electron chi connectivity index (χ1n) is 8.88. The summed E-state index contributed by atoms with van der Waals surface area (Å²) in [5.41, 5.74) is 2.60. The van der Waals surface area contributed by atoms with Crippen LogP contribution in [0.25, 0.3) is 10.8 Å². The van der Waals surface area contributed by atoms with Gasteiger partial charge >= 0.3 is 0 Å². The second-order valence-electron chi connectivity index (χ2n) is 6.46. The first kappa shape index (κ1) is 18.8. The van der Waals surface area contributed by atoms with E-state index in [0.29, 0.717) is 30.7 Å². The molecule has 6 heteroatoms. The van der Waals surface area contributed by atoms with Gasteiger partial charge in [0.15, 0.2) is 0 Å². The summed E-state index contributed by atoms with van der Waals surface area (Å²) in [5, 5.41) is 8.70. The van der Waals surface area contributed by atoms with Crippen LogP contribution < -0.4 is 10.9 Å². The SMILES string of the molecule is COCCn1nc(CNC(=O)Cc2cccc(C)c2)c2ccccc2c1=O. The summed E-state index contributed by atoms with van der Waals surface area (Å²) in [6.45, 7) is 3.02. The number of amides is 1. The second-order valence-corrected chi connectivity index (χ2v) is 6.46. The van der Waals surface area contributed by atoms with Crippen LogP contribution in [-0.4, -0.2) is 29.4 Å². The third-order valence-electron chi connectivity index (χ3n) is 4.35. The Morgan fingerprint density at radius 3 is 2.67 bits per heavy atom. The van der Waals surface area contributed by atoms with Crippen molar-refractivity contribution in [3.05, 3.63) is 75.7 Å². The van der Waals surface area contributed by atoms with E-state index in [1.165, 1.54) is 4.68 Å². The predicted octanol–water partition coefficient (Wildman–Crippen LogP) is 2.21. The number of hydrogen-bond donors (Lipinski definition) is 1. The van der Waals surface area contributed by atoms with E-state index in [1.807, 2.05) is 49.4 Å². The highest BCUT2D eigenvalue weighted by Gasteiger charge is 2.11. The van der Waals surface area contributed by atoms with Gasteiger partial charge in [0, 0.05) is 12.5 Å². The van der Waals surface area contributed by atoms with E-state index in [0.717, 1.165) is 16.5 Å². The Hall–Kier alpha value is -2.99. The Bertz CT molecular complexity index is 1010. The second kappa shape index (κ2) is 8.60. The van der Waals surface area contributed by atoms with Gasteiger partial charge < -0.3 is 10.1 Å². The number of methoxy groups -OCH3 is 1. The number of ether oxygens (including phenoxy) is 1. The van der Waals surface area contributed by atoms with Crippen LogP contribution in [0.4, 0.5) is 0 Å². The van der Waals surface area contributed by atoms with E-state index >= 15 is 0 Å². The zero-order chi connectivity index (χ0) is 19.2. The smallest absolute Gasteiger partial charge is 0.274 e. The number of carbonyl (C=O) groups excluding carboxylic acids is 1. The average molecular weight is 365 g/mol. The van der Waals surface area contributed by atoms with Crippen molar-refractivity contribution in [1.82, 2.24) is 15.1 Å². The Kier molecular flexibility index (Phi) is 5.98. The summed E-state index contributed by atoms with van der Waals surface area (Å²) < 4.78 is 6.45. The van der Waals surface area contributed by atoms with Crippen LogP contribution in [0, 0.1) is 6.92 Å². The Morgan fingerprint density at radius 1 is 1.15 bits per heavy atom. The van der Waals surface area contributed by atoms with Crippen LogP contribution in [0.3, 0.4) is 0 Å². The van der Waals surface area contributed by atoms with Crippen LogP contribution in [0.5, 0.6) is 0 Å². The maximum atomic E-state index is 12.6. The Balaban J connectivity index is 1.80. The van der Waals surface area contributed by atoms with Gasteiger partial charge in [-0.1, -0.05) is 48.0 Å². The molecule has 1 N–H and O–H groups in total. The van der Waals surface area contributed by atoms with Crippen molar-refractivity contribution >= 4 is 16.7 Å². The van der Waals surface area contributed by atoms with Gasteiger partial charge in [0.2, 0.25) is 5.91 Å². The zero-order valence-corrected chi connectivity index (χ0v) is 15.6. The van der Waals surface area contributed by atoms with E-state index in [-0.39, 0.29) is 18.0 Å². The fourth-order valence-electron chi connectivity index (χ4n) is 3.02. The zero-order valence-electron chi connectivity index (χ0n) is 15.6. The molecule has 6 nitrogen and oxygen atoms in total. The number of benzene rings is 2. The molecule has 140 valence electrons. The van der Waals surface area contributed by atoms with Gasteiger partial charge in [-0.25, -0.2) is 4.68 Å². The van der Waals surface area contributed by atoms with Gasteiger partial charge in [0.05, 0.1) is 37.2 Å². The number of carbonyl (C=O) groups is 1.